The summed E-state index contributed by atoms with van der Waals surface area (Å²) >= 11 is 7.53. The molecule has 0 radical (unpaired) electrons. The fraction of sp³-hybridized carbons (Fsp3) is 0.692. The lowest BCUT2D eigenvalue weighted by molar-refractivity contribution is 0.289. The first-order valence-electron chi connectivity index (χ1n) is 7.15. The van der Waals surface area contributed by atoms with Crippen LogP contribution in [-0.2, 0) is 20.0 Å². The molecule has 3 rings (SSSR count). The first kappa shape index (κ1) is 14.2. The summed E-state index contributed by atoms with van der Waals surface area (Å²) in [4.78, 5) is 5.85. The van der Waals surface area contributed by atoms with Crippen LogP contribution in [0.25, 0.3) is 11.2 Å². The Balaban J connectivity index is 1.85. The second-order valence-corrected chi connectivity index (χ2v) is 6.77. The van der Waals surface area contributed by atoms with Gasteiger partial charge in [0.2, 0.25) is 0 Å². The van der Waals surface area contributed by atoms with Gasteiger partial charge in [-0.2, -0.15) is 16.9 Å². The predicted octanol–water partition coefficient (Wildman–Crippen LogP) is 2.04. The molecule has 0 aromatic carbocycles. The molecular weight excluding hydrogens is 290 g/mol. The number of rotatable bonds is 4. The zero-order valence-corrected chi connectivity index (χ0v) is 13.7. The number of aromatic amines is 1. The highest BCUT2D eigenvalue weighted by Crippen LogP contribution is 2.18. The quantitative estimate of drug-likeness (QED) is 0.878. The van der Waals surface area contributed by atoms with Crippen molar-refractivity contribution in [1.29, 1.82) is 0 Å². The number of aromatic nitrogens is 4. The Morgan fingerprint density at radius 2 is 2.05 bits per heavy atom. The van der Waals surface area contributed by atoms with Crippen molar-refractivity contribution < 1.29 is 0 Å². The van der Waals surface area contributed by atoms with E-state index in [1.807, 2.05) is 23.5 Å². The molecule has 20 heavy (non-hydrogen) atoms. The first-order chi connectivity index (χ1) is 9.70. The molecule has 2 aromatic rings. The number of H-pyrrole nitrogens is 1. The Morgan fingerprint density at radius 3 is 2.75 bits per heavy atom. The van der Waals surface area contributed by atoms with Crippen molar-refractivity contribution in [2.45, 2.75) is 19.9 Å². The lowest BCUT2D eigenvalue weighted by atomic mass is 10.3. The standard InChI is InChI=1S/C13H21N5S2/c1-3-10-11-12(16(2)15-10)18(13(19)14-11)5-4-17-6-8-20-9-7-17/h3-9H2,1-2H3,(H,14,19). The van der Waals surface area contributed by atoms with E-state index in [4.69, 9.17) is 12.2 Å². The summed E-state index contributed by atoms with van der Waals surface area (Å²) < 4.78 is 4.96. The molecule has 1 aliphatic rings. The van der Waals surface area contributed by atoms with Crippen LogP contribution in [0.4, 0.5) is 0 Å². The molecule has 7 heteroatoms. The van der Waals surface area contributed by atoms with Gasteiger partial charge in [0, 0.05) is 44.7 Å². The Kier molecular flexibility index (Phi) is 4.18. The minimum absolute atomic E-state index is 0.814. The number of thioether (sulfide) groups is 1. The van der Waals surface area contributed by atoms with E-state index < -0.39 is 0 Å². The van der Waals surface area contributed by atoms with E-state index in [9.17, 15) is 0 Å². The number of hydrogen-bond donors (Lipinski definition) is 1. The number of nitrogens with zero attached hydrogens (tertiary/aromatic N) is 4. The highest BCUT2D eigenvalue weighted by atomic mass is 32.2. The average molecular weight is 311 g/mol. The van der Waals surface area contributed by atoms with E-state index in [1.165, 1.54) is 24.6 Å². The van der Waals surface area contributed by atoms with Crippen LogP contribution in [0.2, 0.25) is 0 Å². The zero-order valence-electron chi connectivity index (χ0n) is 12.1. The summed E-state index contributed by atoms with van der Waals surface area (Å²) in [5.41, 5.74) is 3.33. The van der Waals surface area contributed by atoms with Crippen LogP contribution < -0.4 is 0 Å². The molecule has 1 N–H and O–H groups in total. The van der Waals surface area contributed by atoms with Crippen LogP contribution in [0, 0.1) is 4.77 Å². The summed E-state index contributed by atoms with van der Waals surface area (Å²) in [6.45, 7) is 6.51. The maximum atomic E-state index is 5.48. The zero-order chi connectivity index (χ0) is 14.1. The number of aryl methyl sites for hydroxylation is 2. The van der Waals surface area contributed by atoms with Crippen LogP contribution in [0.3, 0.4) is 0 Å². The number of hydrogen-bond acceptors (Lipinski definition) is 4. The van der Waals surface area contributed by atoms with Crippen molar-refractivity contribution in [3.05, 3.63) is 10.5 Å². The summed E-state index contributed by atoms with van der Waals surface area (Å²) in [6, 6.07) is 0. The molecule has 0 atom stereocenters. The topological polar surface area (TPSA) is 41.8 Å². The van der Waals surface area contributed by atoms with Crippen LogP contribution in [0.5, 0.6) is 0 Å². The van der Waals surface area contributed by atoms with Crippen molar-refractivity contribution in [3.63, 3.8) is 0 Å². The molecule has 0 unspecified atom stereocenters. The molecule has 0 aliphatic carbocycles. The highest BCUT2D eigenvalue weighted by Gasteiger charge is 2.15. The summed E-state index contributed by atoms with van der Waals surface area (Å²) in [6.07, 6.45) is 0.927. The smallest absolute Gasteiger partial charge is 0.179 e. The molecule has 0 amide bonds. The molecule has 0 saturated carbocycles. The summed E-state index contributed by atoms with van der Waals surface area (Å²) in [5.74, 6) is 2.50. The first-order valence-corrected chi connectivity index (χ1v) is 8.71. The molecular formula is C13H21N5S2. The third kappa shape index (κ3) is 2.54. The SMILES string of the molecule is CCc1nn(C)c2c1[nH]c(=S)n2CCN1CCSCC1. The van der Waals surface area contributed by atoms with Crippen LogP contribution >= 0.6 is 24.0 Å². The van der Waals surface area contributed by atoms with Gasteiger partial charge in [0.15, 0.2) is 10.4 Å². The fourth-order valence-corrected chi connectivity index (χ4v) is 4.06. The van der Waals surface area contributed by atoms with Crippen molar-refractivity contribution in [2.75, 3.05) is 31.1 Å². The van der Waals surface area contributed by atoms with E-state index in [0.717, 1.165) is 41.1 Å². The molecule has 0 spiro atoms. The van der Waals surface area contributed by atoms with Gasteiger partial charge < -0.3 is 9.55 Å². The van der Waals surface area contributed by atoms with Gasteiger partial charge in [-0.05, 0) is 18.6 Å². The molecule has 2 aromatic heterocycles. The number of fused-ring (bicyclic) bond motifs is 1. The molecule has 3 heterocycles. The Labute approximate surface area is 128 Å². The van der Waals surface area contributed by atoms with E-state index in [2.05, 4.69) is 26.5 Å². The average Bonchev–Trinajstić information content (AvgIpc) is 2.95. The maximum Gasteiger partial charge on any atom is 0.179 e. The Morgan fingerprint density at radius 1 is 1.30 bits per heavy atom. The minimum atomic E-state index is 0.814. The fourth-order valence-electron chi connectivity index (χ4n) is 2.80. The minimum Gasteiger partial charge on any atom is -0.328 e. The lowest BCUT2D eigenvalue weighted by Gasteiger charge is -2.26. The third-order valence-corrected chi connectivity index (χ3v) is 5.17. The Hall–Kier alpha value is -0.790. The van der Waals surface area contributed by atoms with Crippen molar-refractivity contribution in [1.82, 2.24) is 24.2 Å². The second kappa shape index (κ2) is 5.91. The predicted molar refractivity (Wildman–Crippen MR) is 87.0 cm³/mol. The summed E-state index contributed by atoms with van der Waals surface area (Å²) in [5, 5.41) is 4.57. The van der Waals surface area contributed by atoms with Gasteiger partial charge in [-0.25, -0.2) is 0 Å². The van der Waals surface area contributed by atoms with Gasteiger partial charge in [0.1, 0.15) is 5.52 Å². The third-order valence-electron chi connectivity index (χ3n) is 3.90. The molecule has 1 saturated heterocycles. The maximum absolute atomic E-state index is 5.48. The van der Waals surface area contributed by atoms with Crippen LogP contribution in [0.15, 0.2) is 0 Å². The van der Waals surface area contributed by atoms with E-state index in [0.29, 0.717) is 0 Å². The lowest BCUT2D eigenvalue weighted by Crippen LogP contribution is -2.35. The molecule has 5 nitrogen and oxygen atoms in total. The van der Waals surface area contributed by atoms with Crippen LogP contribution in [-0.4, -0.2) is 55.4 Å². The van der Waals surface area contributed by atoms with E-state index in [-0.39, 0.29) is 0 Å². The number of imidazole rings is 1. The highest BCUT2D eigenvalue weighted by molar-refractivity contribution is 7.99. The van der Waals surface area contributed by atoms with Crippen molar-refractivity contribution in [2.24, 2.45) is 7.05 Å². The largest absolute Gasteiger partial charge is 0.328 e. The van der Waals surface area contributed by atoms with Crippen LogP contribution in [0.1, 0.15) is 12.6 Å². The molecule has 1 fully saturated rings. The van der Waals surface area contributed by atoms with Crippen molar-refractivity contribution >= 4 is 35.1 Å². The van der Waals surface area contributed by atoms with Gasteiger partial charge in [-0.15, -0.1) is 0 Å². The van der Waals surface area contributed by atoms with Gasteiger partial charge in [-0.3, -0.25) is 9.58 Å². The molecule has 0 bridgehead atoms. The Bertz CT molecular complexity index is 648. The van der Waals surface area contributed by atoms with Crippen molar-refractivity contribution in [3.8, 4) is 0 Å². The van der Waals surface area contributed by atoms with Gasteiger partial charge >= 0.3 is 0 Å². The number of nitrogens with one attached hydrogen (secondary N) is 1. The van der Waals surface area contributed by atoms with Gasteiger partial charge in [0.05, 0.1) is 5.69 Å². The second-order valence-electron chi connectivity index (χ2n) is 5.16. The monoisotopic (exact) mass is 311 g/mol. The molecule has 110 valence electrons. The van der Waals surface area contributed by atoms with Gasteiger partial charge in [-0.1, -0.05) is 6.92 Å². The summed E-state index contributed by atoms with van der Waals surface area (Å²) in [7, 11) is 2.00. The molecule has 1 aliphatic heterocycles. The normalized spacial score (nSPS) is 17.1. The van der Waals surface area contributed by atoms with E-state index >= 15 is 0 Å². The van der Waals surface area contributed by atoms with E-state index in [1.54, 1.807) is 0 Å². The van der Waals surface area contributed by atoms with Gasteiger partial charge in [0.25, 0.3) is 0 Å².